The molecule has 2 N–H and O–H groups in total. The molecule has 0 aliphatic heterocycles. The largest absolute Gasteiger partial charge is 0.481 e. The number of carbonyl (C=O) groups is 1. The molecule has 1 unspecified atom stereocenters. The van der Waals surface area contributed by atoms with Gasteiger partial charge in [-0.25, -0.2) is 4.39 Å². The number of amides is 1. The lowest BCUT2D eigenvalue weighted by atomic mass is 10.2. The van der Waals surface area contributed by atoms with E-state index in [0.29, 0.717) is 0 Å². The van der Waals surface area contributed by atoms with Crippen LogP contribution in [0.25, 0.3) is 10.1 Å². The van der Waals surface area contributed by atoms with E-state index >= 15 is 0 Å². The third-order valence-electron chi connectivity index (χ3n) is 3.46. The van der Waals surface area contributed by atoms with E-state index in [-0.39, 0.29) is 18.9 Å². The van der Waals surface area contributed by atoms with Gasteiger partial charge in [0, 0.05) is 16.1 Å². The summed E-state index contributed by atoms with van der Waals surface area (Å²) in [5, 5.41) is 13.8. The van der Waals surface area contributed by atoms with E-state index in [4.69, 9.17) is 4.74 Å². The van der Waals surface area contributed by atoms with Crippen LogP contribution >= 0.6 is 11.3 Å². The molecule has 0 aliphatic carbocycles. The summed E-state index contributed by atoms with van der Waals surface area (Å²) in [5.74, 6) is -0.910. The van der Waals surface area contributed by atoms with Crippen molar-refractivity contribution in [1.82, 2.24) is 5.32 Å². The molecule has 4 nitrogen and oxygen atoms in total. The molecular formula is C18H16FNO3S. The maximum absolute atomic E-state index is 13.4. The standard InChI is InChI=1S/C18H16FNO3S/c19-13-6-2-3-7-15(13)23-11-18(22)20-10-14(21)17-9-12-5-1-4-8-16(12)24-17/h1-9,14,21H,10-11H2,(H,20,22). The number of halogens is 1. The highest BCUT2D eigenvalue weighted by Gasteiger charge is 2.13. The molecule has 0 aliphatic rings. The van der Waals surface area contributed by atoms with Crippen LogP contribution in [0.15, 0.2) is 54.6 Å². The predicted octanol–water partition coefficient (Wildman–Crippen LogP) is 3.27. The molecule has 124 valence electrons. The molecule has 0 spiro atoms. The Morgan fingerprint density at radius 3 is 2.75 bits per heavy atom. The van der Waals surface area contributed by atoms with Crippen molar-refractivity contribution >= 4 is 27.3 Å². The van der Waals surface area contributed by atoms with Gasteiger partial charge in [0.2, 0.25) is 0 Å². The van der Waals surface area contributed by atoms with E-state index in [2.05, 4.69) is 5.32 Å². The first kappa shape index (κ1) is 16.4. The molecule has 6 heteroatoms. The molecule has 1 atom stereocenters. The molecule has 0 radical (unpaired) electrons. The van der Waals surface area contributed by atoms with Crippen molar-refractivity contribution < 1.29 is 19.0 Å². The normalized spacial score (nSPS) is 12.1. The van der Waals surface area contributed by atoms with Crippen molar-refractivity contribution in [2.45, 2.75) is 6.10 Å². The molecule has 1 heterocycles. The molecule has 0 fully saturated rings. The Hall–Kier alpha value is -2.44. The van der Waals surface area contributed by atoms with Crippen LogP contribution in [0.5, 0.6) is 5.75 Å². The van der Waals surface area contributed by atoms with Crippen molar-refractivity contribution in [3.8, 4) is 5.75 Å². The topological polar surface area (TPSA) is 58.6 Å². The highest BCUT2D eigenvalue weighted by molar-refractivity contribution is 7.19. The van der Waals surface area contributed by atoms with E-state index in [9.17, 15) is 14.3 Å². The SMILES string of the molecule is O=C(COc1ccccc1F)NCC(O)c1cc2ccccc2s1. The number of aliphatic hydroxyl groups is 1. The summed E-state index contributed by atoms with van der Waals surface area (Å²) in [5.41, 5.74) is 0. The fourth-order valence-corrected chi connectivity index (χ4v) is 3.28. The number of hydrogen-bond acceptors (Lipinski definition) is 4. The van der Waals surface area contributed by atoms with Gasteiger partial charge < -0.3 is 15.2 Å². The van der Waals surface area contributed by atoms with Crippen LogP contribution in [0.2, 0.25) is 0 Å². The lowest BCUT2D eigenvalue weighted by Gasteiger charge is -2.11. The van der Waals surface area contributed by atoms with Gasteiger partial charge in [0.1, 0.15) is 6.10 Å². The minimum atomic E-state index is -0.792. The van der Waals surface area contributed by atoms with Gasteiger partial charge in [-0.1, -0.05) is 30.3 Å². The zero-order chi connectivity index (χ0) is 16.9. The Bertz CT molecular complexity index is 816. The van der Waals surface area contributed by atoms with Gasteiger partial charge in [-0.3, -0.25) is 4.79 Å². The number of rotatable bonds is 6. The first-order valence-corrected chi connectivity index (χ1v) is 8.25. The molecule has 0 saturated heterocycles. The number of carbonyl (C=O) groups excluding carboxylic acids is 1. The van der Waals surface area contributed by atoms with E-state index in [1.54, 1.807) is 12.1 Å². The molecule has 2 aromatic carbocycles. The van der Waals surface area contributed by atoms with Crippen molar-refractivity contribution in [2.24, 2.45) is 0 Å². The fourth-order valence-electron chi connectivity index (χ4n) is 2.23. The first-order valence-electron chi connectivity index (χ1n) is 7.44. The number of benzene rings is 2. The molecule has 0 bridgehead atoms. The number of aliphatic hydroxyl groups excluding tert-OH is 1. The van der Waals surface area contributed by atoms with Crippen molar-refractivity contribution in [3.05, 3.63) is 65.3 Å². The van der Waals surface area contributed by atoms with Crippen LogP contribution in [0, 0.1) is 5.82 Å². The van der Waals surface area contributed by atoms with Crippen molar-refractivity contribution in [2.75, 3.05) is 13.2 Å². The zero-order valence-electron chi connectivity index (χ0n) is 12.7. The molecule has 0 saturated carbocycles. The summed E-state index contributed by atoms with van der Waals surface area (Å²) in [6.07, 6.45) is -0.792. The lowest BCUT2D eigenvalue weighted by Crippen LogP contribution is -2.32. The number of para-hydroxylation sites is 1. The van der Waals surface area contributed by atoms with Gasteiger partial charge in [-0.05, 0) is 29.7 Å². The monoisotopic (exact) mass is 345 g/mol. The Balaban J connectivity index is 1.51. The highest BCUT2D eigenvalue weighted by atomic mass is 32.1. The third kappa shape index (κ3) is 3.90. The molecular weight excluding hydrogens is 329 g/mol. The Morgan fingerprint density at radius 2 is 1.96 bits per heavy atom. The lowest BCUT2D eigenvalue weighted by molar-refractivity contribution is -0.123. The average molecular weight is 345 g/mol. The summed E-state index contributed by atoms with van der Waals surface area (Å²) < 4.78 is 19.6. The number of fused-ring (bicyclic) bond motifs is 1. The van der Waals surface area contributed by atoms with Gasteiger partial charge in [-0.2, -0.15) is 0 Å². The molecule has 1 aromatic heterocycles. The van der Waals surface area contributed by atoms with E-state index in [0.717, 1.165) is 15.0 Å². The van der Waals surface area contributed by atoms with Crippen molar-refractivity contribution in [1.29, 1.82) is 0 Å². The smallest absolute Gasteiger partial charge is 0.258 e. The van der Waals surface area contributed by atoms with Crippen LogP contribution in [0.1, 0.15) is 11.0 Å². The number of nitrogens with one attached hydrogen (secondary N) is 1. The summed E-state index contributed by atoms with van der Waals surface area (Å²) in [7, 11) is 0. The van der Waals surface area contributed by atoms with Crippen LogP contribution < -0.4 is 10.1 Å². The summed E-state index contributed by atoms with van der Waals surface area (Å²) in [4.78, 5) is 12.6. The molecule has 24 heavy (non-hydrogen) atoms. The van der Waals surface area contributed by atoms with Gasteiger partial charge in [0.15, 0.2) is 18.2 Å². The number of ether oxygens (including phenoxy) is 1. The maximum Gasteiger partial charge on any atom is 0.258 e. The van der Waals surface area contributed by atoms with Gasteiger partial charge in [0.05, 0.1) is 0 Å². The first-order chi connectivity index (χ1) is 11.6. The number of hydrogen-bond donors (Lipinski definition) is 2. The number of thiophene rings is 1. The van der Waals surface area contributed by atoms with Crippen molar-refractivity contribution in [3.63, 3.8) is 0 Å². The second-order valence-corrected chi connectivity index (χ2v) is 6.34. The van der Waals surface area contributed by atoms with E-state index < -0.39 is 17.8 Å². The van der Waals surface area contributed by atoms with E-state index in [1.165, 1.54) is 23.5 Å². The molecule has 1 amide bonds. The van der Waals surface area contributed by atoms with E-state index in [1.807, 2.05) is 30.3 Å². The second-order valence-electron chi connectivity index (χ2n) is 5.23. The Kier molecular flexibility index (Phi) is 5.08. The summed E-state index contributed by atoms with van der Waals surface area (Å²) in [6, 6.07) is 15.6. The van der Waals surface area contributed by atoms with Crippen LogP contribution in [0.3, 0.4) is 0 Å². The van der Waals surface area contributed by atoms with Crippen LogP contribution in [-0.4, -0.2) is 24.2 Å². The third-order valence-corrected chi connectivity index (χ3v) is 4.68. The fraction of sp³-hybridized carbons (Fsp3) is 0.167. The van der Waals surface area contributed by atoms with Gasteiger partial charge in [-0.15, -0.1) is 11.3 Å². The highest BCUT2D eigenvalue weighted by Crippen LogP contribution is 2.29. The minimum Gasteiger partial charge on any atom is -0.481 e. The Labute approximate surface area is 142 Å². The average Bonchev–Trinajstić information content (AvgIpc) is 3.03. The summed E-state index contributed by atoms with van der Waals surface area (Å²) >= 11 is 1.49. The quantitative estimate of drug-likeness (QED) is 0.721. The Morgan fingerprint density at radius 1 is 1.21 bits per heavy atom. The second kappa shape index (κ2) is 7.42. The van der Waals surface area contributed by atoms with Crippen LogP contribution in [0.4, 0.5) is 4.39 Å². The summed E-state index contributed by atoms with van der Waals surface area (Å²) in [6.45, 7) is -0.230. The van der Waals surface area contributed by atoms with Gasteiger partial charge >= 0.3 is 0 Å². The molecule has 3 aromatic rings. The zero-order valence-corrected chi connectivity index (χ0v) is 13.6. The maximum atomic E-state index is 13.4. The van der Waals surface area contributed by atoms with Crippen LogP contribution in [-0.2, 0) is 4.79 Å². The molecule has 3 rings (SSSR count). The predicted molar refractivity (Wildman–Crippen MR) is 91.7 cm³/mol. The minimum absolute atomic E-state index is 0.0257. The van der Waals surface area contributed by atoms with Gasteiger partial charge in [0.25, 0.3) is 5.91 Å².